The summed E-state index contributed by atoms with van der Waals surface area (Å²) in [6, 6.07) is 12.4. The summed E-state index contributed by atoms with van der Waals surface area (Å²) in [6.07, 6.45) is 5.23. The van der Waals surface area contributed by atoms with E-state index in [1.807, 2.05) is 25.1 Å². The molecule has 4 rings (SSSR count). The third-order valence-electron chi connectivity index (χ3n) is 5.22. The average Bonchev–Trinajstić information content (AvgIpc) is 2.67. The topological polar surface area (TPSA) is 47.6 Å². The quantitative estimate of drug-likeness (QED) is 0.912. The van der Waals surface area contributed by atoms with Gasteiger partial charge in [0.05, 0.1) is 12.5 Å². The van der Waals surface area contributed by atoms with Gasteiger partial charge >= 0.3 is 0 Å². The van der Waals surface area contributed by atoms with Crippen molar-refractivity contribution in [2.75, 3.05) is 13.2 Å². The van der Waals surface area contributed by atoms with Crippen molar-refractivity contribution in [3.8, 4) is 11.5 Å². The van der Waals surface area contributed by atoms with E-state index in [9.17, 15) is 4.79 Å². The highest BCUT2D eigenvalue weighted by Crippen LogP contribution is 2.31. The van der Waals surface area contributed by atoms with E-state index in [2.05, 4.69) is 23.5 Å². The van der Waals surface area contributed by atoms with Crippen LogP contribution in [-0.4, -0.2) is 19.1 Å². The molecule has 0 aromatic heterocycles. The molecule has 0 radical (unpaired) electrons. The van der Waals surface area contributed by atoms with Crippen molar-refractivity contribution in [1.82, 2.24) is 5.32 Å². The molecule has 2 aliphatic rings. The first kappa shape index (κ1) is 17.0. The summed E-state index contributed by atoms with van der Waals surface area (Å²) in [7, 11) is 0. The van der Waals surface area contributed by atoms with Crippen LogP contribution in [0.4, 0.5) is 0 Å². The van der Waals surface area contributed by atoms with Crippen molar-refractivity contribution in [2.45, 2.75) is 45.1 Å². The van der Waals surface area contributed by atoms with Crippen molar-refractivity contribution in [3.63, 3.8) is 0 Å². The van der Waals surface area contributed by atoms with Crippen LogP contribution in [-0.2, 0) is 24.1 Å². The Hall–Kier alpha value is -2.49. The number of nitrogens with one attached hydrogen (secondary N) is 1. The number of ether oxygens (including phenoxy) is 2. The van der Waals surface area contributed by atoms with Crippen molar-refractivity contribution in [3.05, 3.63) is 58.7 Å². The maximum atomic E-state index is 12.5. The Labute approximate surface area is 154 Å². The molecule has 4 heteroatoms. The van der Waals surface area contributed by atoms with E-state index in [0.29, 0.717) is 19.6 Å². The fourth-order valence-corrected chi connectivity index (χ4v) is 3.78. The normalized spacial score (nSPS) is 16.5. The SMILES string of the molecule is CC(NC(=O)Cc1ccc2c(c1)OCCO2)c1ccc2c(c1)CCCC2. The van der Waals surface area contributed by atoms with Gasteiger partial charge in [0.2, 0.25) is 5.91 Å². The van der Waals surface area contributed by atoms with Gasteiger partial charge in [0.15, 0.2) is 11.5 Å². The number of aryl methyl sites for hydroxylation is 2. The number of benzene rings is 2. The van der Waals surface area contributed by atoms with Gasteiger partial charge in [0.25, 0.3) is 0 Å². The molecule has 136 valence electrons. The standard InChI is InChI=1S/C22H25NO3/c1-15(18-8-7-17-4-2-3-5-19(17)14-18)23-22(24)13-16-6-9-20-21(12-16)26-11-10-25-20/h6-9,12,14-15H,2-5,10-11,13H2,1H3,(H,23,24). The van der Waals surface area contributed by atoms with Gasteiger partial charge in [0.1, 0.15) is 13.2 Å². The van der Waals surface area contributed by atoms with E-state index in [4.69, 9.17) is 9.47 Å². The summed E-state index contributed by atoms with van der Waals surface area (Å²) in [5, 5.41) is 3.12. The zero-order chi connectivity index (χ0) is 17.9. The van der Waals surface area contributed by atoms with E-state index < -0.39 is 0 Å². The second-order valence-corrected chi connectivity index (χ2v) is 7.18. The molecular formula is C22H25NO3. The van der Waals surface area contributed by atoms with Crippen LogP contribution < -0.4 is 14.8 Å². The number of carbonyl (C=O) groups excluding carboxylic acids is 1. The van der Waals surface area contributed by atoms with E-state index in [0.717, 1.165) is 23.5 Å². The van der Waals surface area contributed by atoms with Crippen LogP contribution in [0.15, 0.2) is 36.4 Å². The molecule has 0 bridgehead atoms. The minimum atomic E-state index is 0.00642. The molecule has 1 atom stereocenters. The molecule has 1 heterocycles. The van der Waals surface area contributed by atoms with Crippen molar-refractivity contribution in [1.29, 1.82) is 0 Å². The monoisotopic (exact) mass is 351 g/mol. The fraction of sp³-hybridized carbons (Fsp3) is 0.409. The third kappa shape index (κ3) is 3.69. The van der Waals surface area contributed by atoms with E-state index in [1.165, 1.54) is 36.0 Å². The Kier molecular flexibility index (Phi) is 4.83. The lowest BCUT2D eigenvalue weighted by molar-refractivity contribution is -0.121. The average molecular weight is 351 g/mol. The highest BCUT2D eigenvalue weighted by Gasteiger charge is 2.16. The molecule has 0 saturated carbocycles. The van der Waals surface area contributed by atoms with E-state index in [-0.39, 0.29) is 11.9 Å². The van der Waals surface area contributed by atoms with Crippen molar-refractivity contribution in [2.24, 2.45) is 0 Å². The number of fused-ring (bicyclic) bond motifs is 2. The van der Waals surface area contributed by atoms with Gasteiger partial charge in [0, 0.05) is 0 Å². The molecule has 2 aromatic rings. The summed E-state index contributed by atoms with van der Waals surface area (Å²) in [4.78, 5) is 12.5. The summed E-state index contributed by atoms with van der Waals surface area (Å²) < 4.78 is 11.1. The Bertz CT molecular complexity index is 815. The first-order valence-electron chi connectivity index (χ1n) is 9.48. The molecule has 0 spiro atoms. The number of rotatable bonds is 4. The number of amides is 1. The Morgan fingerprint density at radius 1 is 1.00 bits per heavy atom. The molecule has 4 nitrogen and oxygen atoms in total. The zero-order valence-electron chi connectivity index (χ0n) is 15.2. The molecule has 0 fully saturated rings. The first-order valence-corrected chi connectivity index (χ1v) is 9.48. The smallest absolute Gasteiger partial charge is 0.224 e. The van der Waals surface area contributed by atoms with Crippen LogP contribution in [0.1, 0.15) is 48.1 Å². The molecule has 2 aromatic carbocycles. The first-order chi connectivity index (χ1) is 12.7. The number of hydrogen-bond acceptors (Lipinski definition) is 3. The van der Waals surface area contributed by atoms with Crippen LogP contribution in [0, 0.1) is 0 Å². The molecule has 1 aliphatic heterocycles. The van der Waals surface area contributed by atoms with Gasteiger partial charge in [-0.2, -0.15) is 0 Å². The Morgan fingerprint density at radius 2 is 1.77 bits per heavy atom. The van der Waals surface area contributed by atoms with Gasteiger partial charge in [-0.25, -0.2) is 0 Å². The van der Waals surface area contributed by atoms with Crippen LogP contribution in [0.3, 0.4) is 0 Å². The highest BCUT2D eigenvalue weighted by molar-refractivity contribution is 5.79. The third-order valence-corrected chi connectivity index (χ3v) is 5.22. The molecule has 1 unspecified atom stereocenters. The van der Waals surface area contributed by atoms with Crippen LogP contribution in [0.25, 0.3) is 0 Å². The maximum Gasteiger partial charge on any atom is 0.224 e. The van der Waals surface area contributed by atoms with Gasteiger partial charge < -0.3 is 14.8 Å². The fourth-order valence-electron chi connectivity index (χ4n) is 3.78. The van der Waals surface area contributed by atoms with Crippen molar-refractivity contribution < 1.29 is 14.3 Å². The largest absolute Gasteiger partial charge is 0.486 e. The predicted octanol–water partition coefficient (Wildman–Crippen LogP) is 3.76. The molecule has 1 amide bonds. The van der Waals surface area contributed by atoms with Crippen LogP contribution >= 0.6 is 0 Å². The van der Waals surface area contributed by atoms with Crippen LogP contribution in [0.5, 0.6) is 11.5 Å². The number of hydrogen-bond donors (Lipinski definition) is 1. The molecular weight excluding hydrogens is 326 g/mol. The van der Waals surface area contributed by atoms with Gasteiger partial charge in [-0.05, 0) is 67.0 Å². The van der Waals surface area contributed by atoms with Gasteiger partial charge in [-0.1, -0.05) is 24.3 Å². The molecule has 1 N–H and O–H groups in total. The Balaban J connectivity index is 1.40. The lowest BCUT2D eigenvalue weighted by Crippen LogP contribution is -2.28. The van der Waals surface area contributed by atoms with Gasteiger partial charge in [-0.15, -0.1) is 0 Å². The summed E-state index contributed by atoms with van der Waals surface area (Å²) in [5.74, 6) is 1.50. The maximum absolute atomic E-state index is 12.5. The summed E-state index contributed by atoms with van der Waals surface area (Å²) in [5.41, 5.74) is 5.03. The van der Waals surface area contributed by atoms with E-state index in [1.54, 1.807) is 0 Å². The van der Waals surface area contributed by atoms with Gasteiger partial charge in [-0.3, -0.25) is 4.79 Å². The lowest BCUT2D eigenvalue weighted by Gasteiger charge is -2.20. The second kappa shape index (κ2) is 7.40. The molecule has 1 aliphatic carbocycles. The minimum absolute atomic E-state index is 0.00642. The highest BCUT2D eigenvalue weighted by atomic mass is 16.6. The second-order valence-electron chi connectivity index (χ2n) is 7.18. The minimum Gasteiger partial charge on any atom is -0.486 e. The van der Waals surface area contributed by atoms with Crippen molar-refractivity contribution >= 4 is 5.91 Å². The van der Waals surface area contributed by atoms with Crippen LogP contribution in [0.2, 0.25) is 0 Å². The molecule has 26 heavy (non-hydrogen) atoms. The number of carbonyl (C=O) groups is 1. The Morgan fingerprint density at radius 3 is 2.62 bits per heavy atom. The van der Waals surface area contributed by atoms with E-state index >= 15 is 0 Å². The lowest BCUT2D eigenvalue weighted by atomic mass is 9.89. The predicted molar refractivity (Wildman–Crippen MR) is 101 cm³/mol. The molecule has 0 saturated heterocycles. The summed E-state index contributed by atoms with van der Waals surface area (Å²) in [6.45, 7) is 3.18. The summed E-state index contributed by atoms with van der Waals surface area (Å²) >= 11 is 0. The zero-order valence-corrected chi connectivity index (χ0v) is 15.2.